The molecule has 0 aromatic carbocycles. The molecule has 1 aliphatic carbocycles. The number of carbonyl (C=O) groups is 1. The largest absolute Gasteiger partial charge is 0.396 e. The molecule has 1 aliphatic rings. The minimum atomic E-state index is 0.0716. The van der Waals surface area contributed by atoms with Crippen molar-refractivity contribution in [3.8, 4) is 0 Å². The molecule has 1 saturated carbocycles. The van der Waals surface area contributed by atoms with Gasteiger partial charge in [0.2, 0.25) is 5.91 Å². The lowest BCUT2D eigenvalue weighted by molar-refractivity contribution is -0.123. The summed E-state index contributed by atoms with van der Waals surface area (Å²) < 4.78 is 0. The number of hydrogen-bond donors (Lipinski definition) is 2. The molecule has 17 heavy (non-hydrogen) atoms. The van der Waals surface area contributed by atoms with Crippen molar-refractivity contribution in [1.82, 2.24) is 5.32 Å². The van der Waals surface area contributed by atoms with Crippen molar-refractivity contribution in [2.45, 2.75) is 59.9 Å². The molecule has 0 aromatic heterocycles. The molecule has 1 rings (SSSR count). The van der Waals surface area contributed by atoms with Crippen molar-refractivity contribution in [3.63, 3.8) is 0 Å². The Labute approximate surface area is 105 Å². The summed E-state index contributed by atoms with van der Waals surface area (Å²) in [6.07, 6.45) is 2.45. The van der Waals surface area contributed by atoms with Gasteiger partial charge in [-0.05, 0) is 29.6 Å². The van der Waals surface area contributed by atoms with Crippen LogP contribution in [0.1, 0.15) is 53.9 Å². The zero-order chi connectivity index (χ0) is 13.3. The van der Waals surface area contributed by atoms with Gasteiger partial charge in [0.15, 0.2) is 0 Å². The molecule has 0 unspecified atom stereocenters. The topological polar surface area (TPSA) is 49.3 Å². The minimum absolute atomic E-state index is 0.0716. The van der Waals surface area contributed by atoms with Gasteiger partial charge in [-0.2, -0.15) is 0 Å². The monoisotopic (exact) mass is 241 g/mol. The molecule has 0 spiro atoms. The highest BCUT2D eigenvalue weighted by Gasteiger charge is 2.47. The molecule has 0 atom stereocenters. The summed E-state index contributed by atoms with van der Waals surface area (Å²) >= 11 is 0. The second-order valence-corrected chi connectivity index (χ2v) is 6.74. The van der Waals surface area contributed by atoms with Crippen LogP contribution in [-0.4, -0.2) is 23.7 Å². The second-order valence-electron chi connectivity index (χ2n) is 6.74. The first-order chi connectivity index (χ1) is 7.73. The highest BCUT2D eigenvalue weighted by Crippen LogP contribution is 2.50. The molecule has 100 valence electrons. The number of nitrogens with one attached hydrogen (secondary N) is 1. The minimum Gasteiger partial charge on any atom is -0.396 e. The van der Waals surface area contributed by atoms with Crippen LogP contribution in [0.3, 0.4) is 0 Å². The van der Waals surface area contributed by atoms with Gasteiger partial charge in [-0.25, -0.2) is 0 Å². The van der Waals surface area contributed by atoms with Crippen LogP contribution >= 0.6 is 0 Å². The van der Waals surface area contributed by atoms with E-state index in [4.69, 9.17) is 0 Å². The summed E-state index contributed by atoms with van der Waals surface area (Å²) in [7, 11) is 0. The van der Waals surface area contributed by atoms with E-state index in [2.05, 4.69) is 33.0 Å². The third-order valence-corrected chi connectivity index (χ3v) is 4.30. The van der Waals surface area contributed by atoms with Crippen LogP contribution in [0.25, 0.3) is 0 Å². The molecule has 2 N–H and O–H groups in total. The molecule has 1 fully saturated rings. The van der Waals surface area contributed by atoms with Crippen LogP contribution in [0.2, 0.25) is 0 Å². The number of amides is 1. The van der Waals surface area contributed by atoms with E-state index in [1.54, 1.807) is 0 Å². The molecular formula is C14H27NO2. The molecule has 0 bridgehead atoms. The first-order valence-electron chi connectivity index (χ1n) is 6.63. The highest BCUT2D eigenvalue weighted by molar-refractivity contribution is 5.75. The van der Waals surface area contributed by atoms with Gasteiger partial charge in [0.25, 0.3) is 0 Å². The Kier molecular flexibility index (Phi) is 4.23. The van der Waals surface area contributed by atoms with Crippen LogP contribution < -0.4 is 5.32 Å². The molecule has 3 nitrogen and oxygen atoms in total. The van der Waals surface area contributed by atoms with Gasteiger partial charge in [-0.1, -0.05) is 34.6 Å². The van der Waals surface area contributed by atoms with Crippen molar-refractivity contribution in [2.75, 3.05) is 6.61 Å². The van der Waals surface area contributed by atoms with Crippen LogP contribution in [0.5, 0.6) is 0 Å². The number of carbonyl (C=O) groups excluding carboxylic acids is 1. The summed E-state index contributed by atoms with van der Waals surface area (Å²) in [6.45, 7) is 10.9. The van der Waals surface area contributed by atoms with E-state index in [1.807, 2.05) is 6.92 Å². The Morgan fingerprint density at radius 2 is 1.71 bits per heavy atom. The lowest BCUT2D eigenvalue weighted by Gasteiger charge is -2.51. The summed E-state index contributed by atoms with van der Waals surface area (Å²) in [5.41, 5.74) is 0.143. The fraction of sp³-hybridized carbons (Fsp3) is 0.929. The average Bonchev–Trinajstić information content (AvgIpc) is 2.14. The van der Waals surface area contributed by atoms with E-state index in [-0.39, 0.29) is 29.4 Å². The second kappa shape index (κ2) is 4.97. The molecule has 3 heteroatoms. The molecule has 0 aliphatic heterocycles. The van der Waals surface area contributed by atoms with E-state index in [0.717, 1.165) is 12.8 Å². The van der Waals surface area contributed by atoms with Gasteiger partial charge in [0.1, 0.15) is 0 Å². The van der Waals surface area contributed by atoms with E-state index < -0.39 is 0 Å². The van der Waals surface area contributed by atoms with Gasteiger partial charge in [0, 0.05) is 19.1 Å². The third-order valence-electron chi connectivity index (χ3n) is 4.30. The summed E-state index contributed by atoms with van der Waals surface area (Å²) in [5, 5.41) is 12.7. The lowest BCUT2D eigenvalue weighted by Crippen LogP contribution is -2.52. The van der Waals surface area contributed by atoms with Gasteiger partial charge >= 0.3 is 0 Å². The number of aliphatic hydroxyl groups is 1. The average molecular weight is 241 g/mol. The fourth-order valence-corrected chi connectivity index (χ4v) is 3.61. The van der Waals surface area contributed by atoms with Crippen LogP contribution in [0.4, 0.5) is 0 Å². The molecule has 0 heterocycles. The van der Waals surface area contributed by atoms with E-state index in [9.17, 15) is 9.90 Å². The Bertz CT molecular complexity index is 266. The SMILES string of the molecule is CCC(=O)NC1CC(C)(C)C(CO)C(C)(C)C1. The maximum absolute atomic E-state index is 11.5. The molecule has 1 amide bonds. The summed E-state index contributed by atoms with van der Waals surface area (Å²) in [4.78, 5) is 11.5. The maximum atomic E-state index is 11.5. The first-order valence-corrected chi connectivity index (χ1v) is 6.63. The van der Waals surface area contributed by atoms with Crippen molar-refractivity contribution in [3.05, 3.63) is 0 Å². The van der Waals surface area contributed by atoms with E-state index >= 15 is 0 Å². The summed E-state index contributed by atoms with van der Waals surface area (Å²) in [6, 6.07) is 0.246. The van der Waals surface area contributed by atoms with Crippen LogP contribution in [0, 0.1) is 16.7 Å². The van der Waals surface area contributed by atoms with Crippen molar-refractivity contribution in [2.24, 2.45) is 16.7 Å². The lowest BCUT2D eigenvalue weighted by atomic mass is 9.56. The van der Waals surface area contributed by atoms with Crippen molar-refractivity contribution < 1.29 is 9.90 Å². The number of aliphatic hydroxyl groups excluding tert-OH is 1. The quantitative estimate of drug-likeness (QED) is 0.797. The Morgan fingerprint density at radius 3 is 2.06 bits per heavy atom. The van der Waals surface area contributed by atoms with E-state index in [0.29, 0.717) is 12.3 Å². The van der Waals surface area contributed by atoms with E-state index in [1.165, 1.54) is 0 Å². The third kappa shape index (κ3) is 3.21. The van der Waals surface area contributed by atoms with Crippen LogP contribution in [0.15, 0.2) is 0 Å². The molecule has 0 saturated heterocycles. The van der Waals surface area contributed by atoms with Crippen LogP contribution in [-0.2, 0) is 4.79 Å². The van der Waals surface area contributed by atoms with Crippen molar-refractivity contribution in [1.29, 1.82) is 0 Å². The Morgan fingerprint density at radius 1 is 1.24 bits per heavy atom. The first kappa shape index (κ1) is 14.5. The highest BCUT2D eigenvalue weighted by atomic mass is 16.3. The zero-order valence-corrected chi connectivity index (χ0v) is 11.8. The summed E-state index contributed by atoms with van der Waals surface area (Å²) in [5.74, 6) is 0.425. The number of rotatable bonds is 3. The predicted molar refractivity (Wildman–Crippen MR) is 69.6 cm³/mol. The smallest absolute Gasteiger partial charge is 0.219 e. The normalized spacial score (nSPS) is 30.9. The number of hydrogen-bond acceptors (Lipinski definition) is 2. The molecule has 0 radical (unpaired) electrons. The predicted octanol–water partition coefficient (Wildman–Crippen LogP) is 2.34. The Balaban J connectivity index is 2.80. The van der Waals surface area contributed by atoms with Crippen molar-refractivity contribution >= 4 is 5.91 Å². The fourth-order valence-electron chi connectivity index (χ4n) is 3.61. The molecular weight excluding hydrogens is 214 g/mol. The standard InChI is InChI=1S/C14H27NO2/c1-6-12(17)15-10-7-13(2,3)11(9-16)14(4,5)8-10/h10-11,16H,6-9H2,1-5H3,(H,15,17). The van der Waals surface area contributed by atoms with Gasteiger partial charge in [-0.3, -0.25) is 4.79 Å². The Hall–Kier alpha value is -0.570. The maximum Gasteiger partial charge on any atom is 0.219 e. The van der Waals surface area contributed by atoms with Gasteiger partial charge in [-0.15, -0.1) is 0 Å². The molecule has 0 aromatic rings. The van der Waals surface area contributed by atoms with Gasteiger partial charge < -0.3 is 10.4 Å². The zero-order valence-electron chi connectivity index (χ0n) is 11.8. The van der Waals surface area contributed by atoms with Gasteiger partial charge in [0.05, 0.1) is 0 Å².